The number of hydrogen-bond donors (Lipinski definition) is 1. The summed E-state index contributed by atoms with van der Waals surface area (Å²) in [6, 6.07) is 5.67. The third-order valence-electron chi connectivity index (χ3n) is 2.65. The van der Waals surface area contributed by atoms with Crippen LogP contribution in [-0.2, 0) is 6.54 Å². The fraction of sp³-hybridized carbons (Fsp3) is 0.167. The average Bonchev–Trinajstić information content (AvgIpc) is 2.89. The smallest absolute Gasteiger partial charge is 0.192 e. The Morgan fingerprint density at radius 1 is 1.53 bits per heavy atom. The molecule has 0 aromatic carbocycles. The molecule has 0 fully saturated rings. The van der Waals surface area contributed by atoms with Crippen molar-refractivity contribution in [1.29, 1.82) is 0 Å². The molecule has 3 aromatic heterocycles. The SMILES string of the molecule is Cc1cc(=O)c2cnn(Cc3cccs3)c2[nH]1. The van der Waals surface area contributed by atoms with Crippen molar-refractivity contribution >= 4 is 22.4 Å². The molecular formula is C12H11N3OS. The van der Waals surface area contributed by atoms with Crippen LogP contribution >= 0.6 is 11.3 Å². The van der Waals surface area contributed by atoms with E-state index in [1.165, 1.54) is 4.88 Å². The molecule has 0 atom stereocenters. The molecular weight excluding hydrogens is 234 g/mol. The fourth-order valence-electron chi connectivity index (χ4n) is 1.86. The minimum atomic E-state index is 0.0219. The number of nitrogens with zero attached hydrogens (tertiary/aromatic N) is 2. The van der Waals surface area contributed by atoms with Crippen LogP contribution in [0.5, 0.6) is 0 Å². The number of nitrogens with one attached hydrogen (secondary N) is 1. The van der Waals surface area contributed by atoms with Crippen molar-refractivity contribution in [3.05, 3.63) is 50.6 Å². The predicted octanol–water partition coefficient (Wildman–Crippen LogP) is 2.14. The number of fused-ring (bicyclic) bond motifs is 1. The summed E-state index contributed by atoms with van der Waals surface area (Å²) >= 11 is 1.69. The average molecular weight is 245 g/mol. The number of thiophene rings is 1. The quantitative estimate of drug-likeness (QED) is 0.752. The Kier molecular flexibility index (Phi) is 2.33. The Labute approximate surface area is 102 Å². The summed E-state index contributed by atoms with van der Waals surface area (Å²) in [7, 11) is 0. The zero-order chi connectivity index (χ0) is 11.8. The van der Waals surface area contributed by atoms with Gasteiger partial charge in [-0.05, 0) is 18.4 Å². The Balaban J connectivity index is 2.15. The molecule has 3 heterocycles. The van der Waals surface area contributed by atoms with Crippen molar-refractivity contribution in [3.63, 3.8) is 0 Å². The van der Waals surface area contributed by atoms with Gasteiger partial charge in [-0.1, -0.05) is 6.07 Å². The minimum absolute atomic E-state index is 0.0219. The Morgan fingerprint density at radius 2 is 2.41 bits per heavy atom. The van der Waals surface area contributed by atoms with Crippen LogP contribution in [0, 0.1) is 6.92 Å². The van der Waals surface area contributed by atoms with Gasteiger partial charge in [0.25, 0.3) is 0 Å². The number of H-pyrrole nitrogens is 1. The molecule has 0 amide bonds. The van der Waals surface area contributed by atoms with E-state index in [1.54, 1.807) is 23.6 Å². The van der Waals surface area contributed by atoms with Gasteiger partial charge < -0.3 is 4.98 Å². The zero-order valence-electron chi connectivity index (χ0n) is 9.30. The molecule has 0 radical (unpaired) electrons. The van der Waals surface area contributed by atoms with E-state index >= 15 is 0 Å². The first-order valence-electron chi connectivity index (χ1n) is 5.32. The van der Waals surface area contributed by atoms with Gasteiger partial charge in [0.15, 0.2) is 5.43 Å². The Morgan fingerprint density at radius 3 is 3.18 bits per heavy atom. The van der Waals surface area contributed by atoms with Gasteiger partial charge in [-0.2, -0.15) is 5.10 Å². The second-order valence-electron chi connectivity index (χ2n) is 3.96. The topological polar surface area (TPSA) is 50.7 Å². The molecule has 5 heteroatoms. The van der Waals surface area contributed by atoms with Crippen LogP contribution in [-0.4, -0.2) is 14.8 Å². The van der Waals surface area contributed by atoms with Gasteiger partial charge in [-0.3, -0.25) is 4.79 Å². The van der Waals surface area contributed by atoms with Gasteiger partial charge in [-0.25, -0.2) is 4.68 Å². The van der Waals surface area contributed by atoms with Gasteiger partial charge >= 0.3 is 0 Å². The number of pyridine rings is 1. The highest BCUT2D eigenvalue weighted by Crippen LogP contribution is 2.13. The van der Waals surface area contributed by atoms with Crippen molar-refractivity contribution < 1.29 is 0 Å². The molecule has 17 heavy (non-hydrogen) atoms. The number of aryl methyl sites for hydroxylation is 1. The summed E-state index contributed by atoms with van der Waals surface area (Å²) < 4.78 is 1.83. The van der Waals surface area contributed by atoms with Gasteiger partial charge in [0.2, 0.25) is 0 Å². The lowest BCUT2D eigenvalue weighted by atomic mass is 10.3. The summed E-state index contributed by atoms with van der Waals surface area (Å²) in [5.41, 5.74) is 1.67. The number of aromatic amines is 1. The predicted molar refractivity (Wildman–Crippen MR) is 68.5 cm³/mol. The van der Waals surface area contributed by atoms with Crippen LogP contribution in [0.1, 0.15) is 10.6 Å². The lowest BCUT2D eigenvalue weighted by Crippen LogP contribution is -2.06. The lowest BCUT2D eigenvalue weighted by molar-refractivity contribution is 0.711. The van der Waals surface area contributed by atoms with Crippen LogP contribution in [0.3, 0.4) is 0 Å². The number of aromatic nitrogens is 3. The molecule has 0 bridgehead atoms. The van der Waals surface area contributed by atoms with E-state index in [0.29, 0.717) is 11.9 Å². The summed E-state index contributed by atoms with van der Waals surface area (Å²) in [5.74, 6) is 0. The largest absolute Gasteiger partial charge is 0.344 e. The summed E-state index contributed by atoms with van der Waals surface area (Å²) in [6.45, 7) is 2.57. The first-order valence-corrected chi connectivity index (χ1v) is 6.20. The molecule has 3 rings (SSSR count). The van der Waals surface area contributed by atoms with E-state index in [0.717, 1.165) is 11.3 Å². The number of hydrogen-bond acceptors (Lipinski definition) is 3. The van der Waals surface area contributed by atoms with Crippen LogP contribution in [0.15, 0.2) is 34.6 Å². The van der Waals surface area contributed by atoms with E-state index < -0.39 is 0 Å². The number of rotatable bonds is 2. The molecule has 0 saturated carbocycles. The monoisotopic (exact) mass is 245 g/mol. The van der Waals surface area contributed by atoms with E-state index in [9.17, 15) is 4.79 Å². The van der Waals surface area contributed by atoms with Crippen molar-refractivity contribution in [1.82, 2.24) is 14.8 Å². The second kappa shape index (κ2) is 3.85. The van der Waals surface area contributed by atoms with Gasteiger partial charge in [0.1, 0.15) is 5.65 Å². The van der Waals surface area contributed by atoms with E-state index in [4.69, 9.17) is 0 Å². The Hall–Kier alpha value is -1.88. The molecule has 0 saturated heterocycles. The van der Waals surface area contributed by atoms with Gasteiger partial charge in [0.05, 0.1) is 18.1 Å². The molecule has 0 aliphatic rings. The molecule has 3 aromatic rings. The molecule has 1 N–H and O–H groups in total. The molecule has 0 unspecified atom stereocenters. The first kappa shape index (κ1) is 10.3. The van der Waals surface area contributed by atoms with Crippen LogP contribution in [0.25, 0.3) is 11.0 Å². The minimum Gasteiger partial charge on any atom is -0.344 e. The van der Waals surface area contributed by atoms with Crippen LogP contribution in [0.4, 0.5) is 0 Å². The van der Waals surface area contributed by atoms with Crippen LogP contribution < -0.4 is 5.43 Å². The van der Waals surface area contributed by atoms with Gasteiger partial charge in [-0.15, -0.1) is 11.3 Å². The second-order valence-corrected chi connectivity index (χ2v) is 4.99. The third kappa shape index (κ3) is 1.78. The summed E-state index contributed by atoms with van der Waals surface area (Å²) in [4.78, 5) is 16.2. The van der Waals surface area contributed by atoms with Crippen molar-refractivity contribution in [2.45, 2.75) is 13.5 Å². The molecule has 4 nitrogen and oxygen atoms in total. The highest BCUT2D eigenvalue weighted by atomic mass is 32.1. The van der Waals surface area contributed by atoms with E-state index in [2.05, 4.69) is 16.1 Å². The molecule has 0 spiro atoms. The van der Waals surface area contributed by atoms with Crippen molar-refractivity contribution in [3.8, 4) is 0 Å². The molecule has 86 valence electrons. The lowest BCUT2D eigenvalue weighted by Gasteiger charge is -2.02. The maximum atomic E-state index is 11.7. The first-order chi connectivity index (χ1) is 8.24. The van der Waals surface area contributed by atoms with E-state index in [-0.39, 0.29) is 5.43 Å². The van der Waals surface area contributed by atoms with Crippen molar-refractivity contribution in [2.24, 2.45) is 0 Å². The molecule has 0 aliphatic carbocycles. The van der Waals surface area contributed by atoms with Crippen molar-refractivity contribution in [2.75, 3.05) is 0 Å². The standard InChI is InChI=1S/C12H11N3OS/c1-8-5-11(16)10-6-13-15(12(10)14-8)7-9-3-2-4-17-9/h2-6H,7H2,1H3,(H,14,16). The zero-order valence-corrected chi connectivity index (χ0v) is 10.1. The maximum absolute atomic E-state index is 11.7. The van der Waals surface area contributed by atoms with Gasteiger partial charge in [0, 0.05) is 16.6 Å². The fourth-order valence-corrected chi connectivity index (χ4v) is 2.55. The maximum Gasteiger partial charge on any atom is 0.192 e. The third-order valence-corrected chi connectivity index (χ3v) is 3.51. The normalized spacial score (nSPS) is 11.1. The molecule has 0 aliphatic heterocycles. The highest BCUT2D eigenvalue weighted by molar-refractivity contribution is 7.09. The highest BCUT2D eigenvalue weighted by Gasteiger charge is 2.07. The summed E-state index contributed by atoms with van der Waals surface area (Å²) in [5, 5.41) is 6.95. The Bertz CT molecular complexity index is 709. The summed E-state index contributed by atoms with van der Waals surface area (Å²) in [6.07, 6.45) is 1.63. The van der Waals surface area contributed by atoms with E-state index in [1.807, 2.05) is 23.1 Å². The van der Waals surface area contributed by atoms with Crippen LogP contribution in [0.2, 0.25) is 0 Å².